The second kappa shape index (κ2) is 5.53. The Labute approximate surface area is 117 Å². The maximum Gasteiger partial charge on any atom is 0.157 e. The van der Waals surface area contributed by atoms with Crippen molar-refractivity contribution in [2.45, 2.75) is 12.3 Å². The van der Waals surface area contributed by atoms with Crippen molar-refractivity contribution in [3.63, 3.8) is 0 Å². The molecule has 1 aliphatic heterocycles. The molecule has 1 fully saturated rings. The Balaban J connectivity index is 1.92. The zero-order valence-electron chi connectivity index (χ0n) is 11.0. The number of ether oxygens (including phenoxy) is 1. The average molecular weight is 271 g/mol. The van der Waals surface area contributed by atoms with E-state index in [-0.39, 0.29) is 24.7 Å². The summed E-state index contributed by atoms with van der Waals surface area (Å²) in [5.74, 6) is 0.233. The van der Waals surface area contributed by atoms with Gasteiger partial charge < -0.3 is 19.8 Å². The van der Waals surface area contributed by atoms with E-state index in [0.717, 1.165) is 11.3 Å². The summed E-state index contributed by atoms with van der Waals surface area (Å²) in [4.78, 5) is 2.12. The molecule has 4 heteroatoms. The molecule has 0 aliphatic carbocycles. The number of nitrogens with zero attached hydrogens (tertiary/aromatic N) is 1. The predicted octanol–water partition coefficient (Wildman–Crippen LogP) is 2.29. The quantitative estimate of drug-likeness (QED) is 0.899. The number of aliphatic hydroxyl groups is 1. The van der Waals surface area contributed by atoms with Crippen molar-refractivity contribution in [1.29, 1.82) is 0 Å². The minimum atomic E-state index is -0.241. The van der Waals surface area contributed by atoms with Crippen LogP contribution < -0.4 is 4.90 Å². The lowest BCUT2D eigenvalue weighted by Crippen LogP contribution is -2.25. The summed E-state index contributed by atoms with van der Waals surface area (Å²) in [6.07, 6.45) is -0.441. The molecule has 0 saturated carbocycles. The maximum absolute atomic E-state index is 9.39. The molecule has 1 heterocycles. The summed E-state index contributed by atoms with van der Waals surface area (Å²) in [5.41, 5.74) is 2.02. The highest BCUT2D eigenvalue weighted by Gasteiger charge is 2.33. The number of benzene rings is 2. The Morgan fingerprint density at radius 1 is 1.05 bits per heavy atom. The molecule has 2 atom stereocenters. The predicted molar refractivity (Wildman–Crippen MR) is 76.6 cm³/mol. The van der Waals surface area contributed by atoms with Crippen LogP contribution in [0.1, 0.15) is 11.8 Å². The van der Waals surface area contributed by atoms with E-state index in [4.69, 9.17) is 4.74 Å². The van der Waals surface area contributed by atoms with Gasteiger partial charge in [0.2, 0.25) is 0 Å². The van der Waals surface area contributed by atoms with E-state index in [2.05, 4.69) is 4.90 Å². The van der Waals surface area contributed by atoms with Crippen LogP contribution in [0.5, 0.6) is 5.75 Å². The van der Waals surface area contributed by atoms with Crippen molar-refractivity contribution in [3.05, 3.63) is 60.2 Å². The van der Waals surface area contributed by atoms with Crippen LogP contribution in [-0.2, 0) is 4.74 Å². The van der Waals surface area contributed by atoms with Crippen LogP contribution in [-0.4, -0.2) is 29.5 Å². The number of aromatic hydroxyl groups is 1. The van der Waals surface area contributed by atoms with Gasteiger partial charge in [0.05, 0.1) is 6.61 Å². The van der Waals surface area contributed by atoms with Gasteiger partial charge in [-0.05, 0) is 24.3 Å². The molecule has 2 unspecified atom stereocenters. The molecule has 0 spiro atoms. The van der Waals surface area contributed by atoms with E-state index in [0.29, 0.717) is 6.54 Å². The SMILES string of the molecule is OCC1CN(c2ccccc2)C(c2ccc(O)cc2)O1. The van der Waals surface area contributed by atoms with Crippen LogP contribution in [0, 0.1) is 0 Å². The minimum Gasteiger partial charge on any atom is -0.508 e. The van der Waals surface area contributed by atoms with Crippen LogP contribution in [0.3, 0.4) is 0 Å². The molecule has 0 amide bonds. The van der Waals surface area contributed by atoms with Gasteiger partial charge in [-0.2, -0.15) is 0 Å². The van der Waals surface area contributed by atoms with Gasteiger partial charge in [0.25, 0.3) is 0 Å². The molecule has 0 bridgehead atoms. The monoisotopic (exact) mass is 271 g/mol. The molecule has 0 radical (unpaired) electrons. The lowest BCUT2D eigenvalue weighted by Gasteiger charge is -2.25. The van der Waals surface area contributed by atoms with Gasteiger partial charge in [0, 0.05) is 17.8 Å². The summed E-state index contributed by atoms with van der Waals surface area (Å²) >= 11 is 0. The van der Waals surface area contributed by atoms with Gasteiger partial charge in [-0.25, -0.2) is 0 Å². The molecule has 2 aromatic carbocycles. The third-order valence-electron chi connectivity index (χ3n) is 3.47. The lowest BCUT2D eigenvalue weighted by atomic mass is 10.1. The van der Waals surface area contributed by atoms with Gasteiger partial charge in [-0.1, -0.05) is 30.3 Å². The number of hydrogen-bond acceptors (Lipinski definition) is 4. The Morgan fingerprint density at radius 2 is 1.75 bits per heavy atom. The normalized spacial score (nSPS) is 22.1. The largest absolute Gasteiger partial charge is 0.508 e. The van der Waals surface area contributed by atoms with Crippen molar-refractivity contribution in [2.75, 3.05) is 18.1 Å². The van der Waals surface area contributed by atoms with E-state index in [1.165, 1.54) is 0 Å². The molecule has 2 N–H and O–H groups in total. The smallest absolute Gasteiger partial charge is 0.157 e. The molecular formula is C16H17NO3. The van der Waals surface area contributed by atoms with Gasteiger partial charge in [-0.15, -0.1) is 0 Å². The summed E-state index contributed by atoms with van der Waals surface area (Å²) in [6, 6.07) is 17.0. The second-order valence-corrected chi connectivity index (χ2v) is 4.87. The van der Waals surface area contributed by atoms with E-state index in [9.17, 15) is 10.2 Å². The van der Waals surface area contributed by atoms with Crippen LogP contribution in [0.15, 0.2) is 54.6 Å². The van der Waals surface area contributed by atoms with Crippen molar-refractivity contribution in [2.24, 2.45) is 0 Å². The fourth-order valence-electron chi connectivity index (χ4n) is 2.47. The fraction of sp³-hybridized carbons (Fsp3) is 0.250. The van der Waals surface area contributed by atoms with Crippen molar-refractivity contribution in [3.8, 4) is 5.75 Å². The number of para-hydroxylation sites is 1. The zero-order valence-corrected chi connectivity index (χ0v) is 11.0. The average Bonchev–Trinajstić information content (AvgIpc) is 2.93. The minimum absolute atomic E-state index is 0.00207. The van der Waals surface area contributed by atoms with Crippen molar-refractivity contribution >= 4 is 5.69 Å². The number of phenols is 1. The Kier molecular flexibility index (Phi) is 3.58. The molecule has 1 aliphatic rings. The summed E-state index contributed by atoms with van der Waals surface area (Å²) in [6.45, 7) is 0.643. The van der Waals surface area contributed by atoms with E-state index in [1.54, 1.807) is 12.1 Å². The number of aliphatic hydroxyl groups excluding tert-OH is 1. The Morgan fingerprint density at radius 3 is 2.40 bits per heavy atom. The topological polar surface area (TPSA) is 52.9 Å². The molecule has 20 heavy (non-hydrogen) atoms. The molecule has 104 valence electrons. The van der Waals surface area contributed by atoms with Crippen LogP contribution >= 0.6 is 0 Å². The molecule has 4 nitrogen and oxygen atoms in total. The van der Waals surface area contributed by atoms with Crippen molar-refractivity contribution < 1.29 is 14.9 Å². The van der Waals surface area contributed by atoms with Gasteiger partial charge >= 0.3 is 0 Å². The molecule has 1 saturated heterocycles. The first-order valence-corrected chi connectivity index (χ1v) is 6.65. The molecule has 2 aromatic rings. The first-order valence-electron chi connectivity index (χ1n) is 6.65. The molecule has 3 rings (SSSR count). The molecular weight excluding hydrogens is 254 g/mol. The molecule has 0 aromatic heterocycles. The Bertz CT molecular complexity index is 556. The van der Waals surface area contributed by atoms with E-state index < -0.39 is 0 Å². The standard InChI is InChI=1S/C16H17NO3/c18-11-15-10-17(13-4-2-1-3-5-13)16(20-15)12-6-8-14(19)9-7-12/h1-9,15-16,18-19H,10-11H2. The maximum atomic E-state index is 9.39. The van der Waals surface area contributed by atoms with Crippen LogP contribution in [0.2, 0.25) is 0 Å². The highest BCUT2D eigenvalue weighted by Crippen LogP contribution is 2.34. The Hall–Kier alpha value is -2.04. The summed E-state index contributed by atoms with van der Waals surface area (Å²) < 4.78 is 5.90. The zero-order chi connectivity index (χ0) is 13.9. The van der Waals surface area contributed by atoms with Crippen LogP contribution in [0.4, 0.5) is 5.69 Å². The number of anilines is 1. The van der Waals surface area contributed by atoms with E-state index >= 15 is 0 Å². The van der Waals surface area contributed by atoms with Gasteiger partial charge in [0.1, 0.15) is 11.9 Å². The first-order chi connectivity index (χ1) is 9.78. The van der Waals surface area contributed by atoms with Gasteiger partial charge in [0.15, 0.2) is 6.23 Å². The highest BCUT2D eigenvalue weighted by atomic mass is 16.5. The third kappa shape index (κ3) is 2.48. The third-order valence-corrected chi connectivity index (χ3v) is 3.47. The fourth-order valence-corrected chi connectivity index (χ4v) is 2.47. The number of phenolic OH excluding ortho intramolecular Hbond substituents is 1. The lowest BCUT2D eigenvalue weighted by molar-refractivity contribution is 0.0147. The second-order valence-electron chi connectivity index (χ2n) is 4.87. The highest BCUT2D eigenvalue weighted by molar-refractivity contribution is 5.49. The van der Waals surface area contributed by atoms with Crippen molar-refractivity contribution in [1.82, 2.24) is 0 Å². The summed E-state index contributed by atoms with van der Waals surface area (Å²) in [5, 5.41) is 18.7. The van der Waals surface area contributed by atoms with Crippen LogP contribution in [0.25, 0.3) is 0 Å². The van der Waals surface area contributed by atoms with Gasteiger partial charge in [-0.3, -0.25) is 0 Å². The summed E-state index contributed by atoms with van der Waals surface area (Å²) in [7, 11) is 0. The number of hydrogen-bond donors (Lipinski definition) is 2. The first kappa shape index (κ1) is 13.0. The van der Waals surface area contributed by atoms with E-state index in [1.807, 2.05) is 42.5 Å². The number of rotatable bonds is 3.